The van der Waals surface area contributed by atoms with E-state index in [4.69, 9.17) is 9.47 Å². The zero-order valence-corrected chi connectivity index (χ0v) is 27.1. The lowest BCUT2D eigenvalue weighted by molar-refractivity contribution is 0.297. The molecule has 3 atom stereocenters. The second-order valence-corrected chi connectivity index (χ2v) is 12.6. The van der Waals surface area contributed by atoms with Crippen LogP contribution < -0.4 is 14.5 Å². The van der Waals surface area contributed by atoms with Crippen LogP contribution in [0.2, 0.25) is 0 Å². The van der Waals surface area contributed by atoms with Gasteiger partial charge >= 0.3 is 0 Å². The number of ether oxygens (including phenoxy) is 2. The maximum atomic E-state index is 5.67. The highest BCUT2D eigenvalue weighted by Gasteiger charge is 2.35. The van der Waals surface area contributed by atoms with Gasteiger partial charge in [0.2, 0.25) is 0 Å². The van der Waals surface area contributed by atoms with Gasteiger partial charge in [0.05, 0.1) is 19.8 Å². The molecular weight excluding hydrogens is 552 g/mol. The summed E-state index contributed by atoms with van der Waals surface area (Å²) in [7, 11) is 3.47. The van der Waals surface area contributed by atoms with Gasteiger partial charge in [0.15, 0.2) is 0 Å². The monoisotopic (exact) mass is 596 g/mol. The lowest BCUT2D eigenvalue weighted by Crippen LogP contribution is -2.46. The molecule has 3 unspecified atom stereocenters. The molecule has 6 rings (SSSR count). The molecule has 0 radical (unpaired) electrons. The fourth-order valence-corrected chi connectivity index (χ4v) is 6.89. The Kier molecular flexibility index (Phi) is 8.84. The molecule has 0 saturated carbocycles. The third-order valence-electron chi connectivity index (χ3n) is 9.13. The van der Waals surface area contributed by atoms with Crippen molar-refractivity contribution in [2.75, 3.05) is 24.0 Å². The molecule has 3 aromatic carbocycles. The lowest BCUT2D eigenvalue weighted by atomic mass is 9.83. The van der Waals surface area contributed by atoms with Crippen molar-refractivity contribution in [3.05, 3.63) is 150 Å². The molecule has 0 N–H and O–H groups in total. The summed E-state index contributed by atoms with van der Waals surface area (Å²) < 4.78 is 11.2. The Morgan fingerprint density at radius 2 is 1.53 bits per heavy atom. The number of hydrogen-bond donors (Lipinski definition) is 0. The molecule has 4 nitrogen and oxygen atoms in total. The Hall–Kier alpha value is -4.70. The van der Waals surface area contributed by atoms with Gasteiger partial charge < -0.3 is 19.3 Å². The van der Waals surface area contributed by atoms with Crippen molar-refractivity contribution in [1.82, 2.24) is 0 Å². The first-order chi connectivity index (χ1) is 21.9. The molecule has 0 aromatic heterocycles. The van der Waals surface area contributed by atoms with Crippen LogP contribution in [0.1, 0.15) is 45.6 Å². The summed E-state index contributed by atoms with van der Waals surface area (Å²) in [5, 5.41) is 0. The third-order valence-corrected chi connectivity index (χ3v) is 9.13. The van der Waals surface area contributed by atoms with Gasteiger partial charge in [-0.25, -0.2) is 0 Å². The van der Waals surface area contributed by atoms with Crippen LogP contribution in [0.4, 0.5) is 17.1 Å². The van der Waals surface area contributed by atoms with Crippen molar-refractivity contribution in [1.29, 1.82) is 0 Å². The van der Waals surface area contributed by atoms with E-state index in [-0.39, 0.29) is 5.54 Å². The van der Waals surface area contributed by atoms with E-state index in [2.05, 4.69) is 152 Å². The van der Waals surface area contributed by atoms with E-state index >= 15 is 0 Å². The summed E-state index contributed by atoms with van der Waals surface area (Å²) in [6.07, 6.45) is 20.7. The molecule has 230 valence electrons. The van der Waals surface area contributed by atoms with Gasteiger partial charge in [0.1, 0.15) is 11.5 Å². The predicted molar refractivity (Wildman–Crippen MR) is 189 cm³/mol. The normalized spacial score (nSPS) is 22.5. The number of rotatable bonds is 9. The summed E-state index contributed by atoms with van der Waals surface area (Å²) in [6, 6.07) is 28.1. The van der Waals surface area contributed by atoms with Crippen molar-refractivity contribution in [3.8, 4) is 5.75 Å². The average Bonchev–Trinajstić information content (AvgIpc) is 3.06. The van der Waals surface area contributed by atoms with Crippen LogP contribution in [-0.4, -0.2) is 19.8 Å². The van der Waals surface area contributed by atoms with E-state index in [1.807, 2.05) is 6.07 Å². The van der Waals surface area contributed by atoms with E-state index < -0.39 is 0 Å². The topological polar surface area (TPSA) is 24.9 Å². The minimum Gasteiger partial charge on any atom is -0.497 e. The number of para-hydroxylation sites is 1. The van der Waals surface area contributed by atoms with E-state index in [1.54, 1.807) is 14.2 Å². The van der Waals surface area contributed by atoms with E-state index in [0.29, 0.717) is 11.8 Å². The van der Waals surface area contributed by atoms with Crippen molar-refractivity contribution >= 4 is 22.6 Å². The molecule has 0 heterocycles. The molecule has 45 heavy (non-hydrogen) atoms. The van der Waals surface area contributed by atoms with Gasteiger partial charge in [-0.1, -0.05) is 74.5 Å². The van der Waals surface area contributed by atoms with E-state index in [1.165, 1.54) is 28.2 Å². The fourth-order valence-electron chi connectivity index (χ4n) is 6.89. The SMILES string of the molecule is COC1=CC(C)(N(C2=CC=C(c3ccc(N(C4=CC=CC(C)C4)c4cccc(OC)c4)cc3)C(C)C2)c2ccccc2)CC=C1. The molecule has 3 aliphatic carbocycles. The van der Waals surface area contributed by atoms with Gasteiger partial charge in [0.25, 0.3) is 0 Å². The first-order valence-corrected chi connectivity index (χ1v) is 16.0. The number of hydrogen-bond acceptors (Lipinski definition) is 4. The van der Waals surface area contributed by atoms with Gasteiger partial charge in [-0.05, 0) is 110 Å². The second-order valence-electron chi connectivity index (χ2n) is 12.6. The van der Waals surface area contributed by atoms with Crippen LogP contribution in [0.25, 0.3) is 5.57 Å². The van der Waals surface area contributed by atoms with E-state index in [0.717, 1.165) is 42.1 Å². The van der Waals surface area contributed by atoms with Crippen molar-refractivity contribution in [2.45, 2.75) is 45.6 Å². The quantitative estimate of drug-likeness (QED) is 0.245. The average molecular weight is 597 g/mol. The lowest BCUT2D eigenvalue weighted by Gasteiger charge is -2.44. The summed E-state index contributed by atoms with van der Waals surface area (Å²) in [4.78, 5) is 4.86. The minimum atomic E-state index is -0.232. The molecule has 0 saturated heterocycles. The Morgan fingerprint density at radius 3 is 2.24 bits per heavy atom. The van der Waals surface area contributed by atoms with Crippen molar-refractivity contribution in [2.24, 2.45) is 11.8 Å². The number of anilines is 3. The van der Waals surface area contributed by atoms with Crippen LogP contribution in [0.5, 0.6) is 5.75 Å². The van der Waals surface area contributed by atoms with Gasteiger partial charge in [-0.15, -0.1) is 0 Å². The Morgan fingerprint density at radius 1 is 0.756 bits per heavy atom. The Balaban J connectivity index is 1.33. The standard InChI is InChI=1S/C41H44N2O2/c1-30-12-9-15-35(26-30)42(36-16-10-17-38(28-36)44-4)33-21-19-32(20-22-33)40-24-23-37(27-31(40)2)43(34-13-7-6-8-14-34)41(3)25-11-18-39(29-41)45-5/h6-24,28-31H,25-27H2,1-5H3. The number of allylic oxidation sites excluding steroid dienone is 9. The van der Waals surface area contributed by atoms with Crippen LogP contribution in [0.15, 0.2) is 145 Å². The maximum absolute atomic E-state index is 5.67. The van der Waals surface area contributed by atoms with Gasteiger partial charge in [0, 0.05) is 34.5 Å². The molecular formula is C41H44N2O2. The summed E-state index contributed by atoms with van der Waals surface area (Å²) in [6.45, 7) is 6.92. The van der Waals surface area contributed by atoms with Crippen molar-refractivity contribution in [3.63, 3.8) is 0 Å². The zero-order chi connectivity index (χ0) is 31.4. The van der Waals surface area contributed by atoms with Crippen LogP contribution in [-0.2, 0) is 4.74 Å². The zero-order valence-electron chi connectivity index (χ0n) is 27.1. The molecule has 0 fully saturated rings. The van der Waals surface area contributed by atoms with Crippen LogP contribution >= 0.6 is 0 Å². The Labute approximate surface area is 269 Å². The first-order valence-electron chi connectivity index (χ1n) is 16.0. The highest BCUT2D eigenvalue weighted by molar-refractivity contribution is 5.76. The molecule has 0 bridgehead atoms. The molecule has 3 aromatic rings. The summed E-state index contributed by atoms with van der Waals surface area (Å²) >= 11 is 0. The number of methoxy groups -OCH3 is 2. The molecule has 0 amide bonds. The third kappa shape index (κ3) is 6.42. The van der Waals surface area contributed by atoms with Gasteiger partial charge in [-0.3, -0.25) is 0 Å². The van der Waals surface area contributed by atoms with Crippen molar-refractivity contribution < 1.29 is 9.47 Å². The first kappa shape index (κ1) is 30.3. The van der Waals surface area contributed by atoms with Crippen LogP contribution in [0, 0.1) is 11.8 Å². The second kappa shape index (κ2) is 13.1. The molecule has 0 aliphatic heterocycles. The minimum absolute atomic E-state index is 0.232. The van der Waals surface area contributed by atoms with Gasteiger partial charge in [-0.2, -0.15) is 0 Å². The van der Waals surface area contributed by atoms with Crippen LogP contribution in [0.3, 0.4) is 0 Å². The predicted octanol–water partition coefficient (Wildman–Crippen LogP) is 10.4. The molecule has 4 heteroatoms. The summed E-state index contributed by atoms with van der Waals surface area (Å²) in [5.41, 5.74) is 8.43. The fraction of sp³-hybridized carbons (Fsp3) is 0.268. The smallest absolute Gasteiger partial charge is 0.120 e. The molecule has 0 spiro atoms. The number of benzene rings is 3. The summed E-state index contributed by atoms with van der Waals surface area (Å²) in [5.74, 6) is 2.61. The largest absolute Gasteiger partial charge is 0.497 e. The highest BCUT2D eigenvalue weighted by atomic mass is 16.5. The maximum Gasteiger partial charge on any atom is 0.120 e. The molecule has 3 aliphatic rings. The van der Waals surface area contributed by atoms with E-state index in [9.17, 15) is 0 Å². The number of nitrogens with zero attached hydrogens (tertiary/aromatic N) is 2. The highest BCUT2D eigenvalue weighted by Crippen LogP contribution is 2.42. The Bertz CT molecular complexity index is 1690.